The summed E-state index contributed by atoms with van der Waals surface area (Å²) in [5.74, 6) is 0.283. The number of nitrogens with zero attached hydrogens (tertiary/aromatic N) is 1. The summed E-state index contributed by atoms with van der Waals surface area (Å²) < 4.78 is 45.1. The zero-order chi connectivity index (χ0) is 21.6. The van der Waals surface area contributed by atoms with Crippen LogP contribution in [0.1, 0.15) is 43.7 Å². The van der Waals surface area contributed by atoms with Crippen molar-refractivity contribution < 1.29 is 22.7 Å². The molecule has 0 saturated carbocycles. The smallest absolute Gasteiger partial charge is 0.416 e. The first kappa shape index (κ1) is 22.0. The van der Waals surface area contributed by atoms with Crippen molar-refractivity contribution in [1.82, 2.24) is 0 Å². The zero-order valence-corrected chi connectivity index (χ0v) is 17.1. The first-order valence-corrected chi connectivity index (χ1v) is 10.3. The second-order valence-corrected chi connectivity index (χ2v) is 7.42. The number of hydrogen-bond donors (Lipinski definition) is 1. The van der Waals surface area contributed by atoms with Crippen LogP contribution in [0.15, 0.2) is 42.5 Å². The Hall–Kier alpha value is -2.70. The van der Waals surface area contributed by atoms with Gasteiger partial charge >= 0.3 is 6.18 Å². The summed E-state index contributed by atoms with van der Waals surface area (Å²) >= 11 is 0. The van der Waals surface area contributed by atoms with Gasteiger partial charge in [-0.25, -0.2) is 0 Å². The maximum absolute atomic E-state index is 13.2. The van der Waals surface area contributed by atoms with Crippen LogP contribution in [-0.4, -0.2) is 25.6 Å². The Balaban J connectivity index is 1.65. The maximum Gasteiger partial charge on any atom is 0.416 e. The van der Waals surface area contributed by atoms with E-state index in [1.54, 1.807) is 0 Å². The van der Waals surface area contributed by atoms with Crippen LogP contribution >= 0.6 is 0 Å². The number of aryl methyl sites for hydroxylation is 1. The lowest BCUT2D eigenvalue weighted by Gasteiger charge is -2.31. The zero-order valence-electron chi connectivity index (χ0n) is 17.1. The van der Waals surface area contributed by atoms with Crippen LogP contribution in [0.25, 0.3) is 0 Å². The van der Waals surface area contributed by atoms with Crippen LogP contribution < -0.4 is 15.0 Å². The molecule has 1 saturated heterocycles. The second-order valence-electron chi connectivity index (χ2n) is 7.42. The molecule has 1 N–H and O–H groups in total. The third-order valence-electron chi connectivity index (χ3n) is 5.22. The Morgan fingerprint density at radius 1 is 1.07 bits per heavy atom. The van der Waals surface area contributed by atoms with Crippen molar-refractivity contribution in [3.8, 4) is 5.75 Å². The predicted molar refractivity (Wildman–Crippen MR) is 112 cm³/mol. The van der Waals surface area contributed by atoms with Crippen LogP contribution in [0.4, 0.5) is 24.5 Å². The SMILES string of the molecule is CCc1ccc(OCCC(=O)Nc2cc(C(F)(F)F)ccc2N2CCCCC2)cc1. The first-order chi connectivity index (χ1) is 14.4. The number of halogens is 3. The molecule has 0 radical (unpaired) electrons. The van der Waals surface area contributed by atoms with Crippen molar-refractivity contribution in [3.05, 3.63) is 53.6 Å². The van der Waals surface area contributed by atoms with Gasteiger partial charge in [0, 0.05) is 13.1 Å². The molecule has 162 valence electrons. The number of ether oxygens (including phenoxy) is 1. The van der Waals surface area contributed by atoms with Gasteiger partial charge in [-0.15, -0.1) is 0 Å². The number of carbonyl (C=O) groups is 1. The van der Waals surface area contributed by atoms with Crippen molar-refractivity contribution in [2.75, 3.05) is 29.9 Å². The number of hydrogen-bond acceptors (Lipinski definition) is 3. The topological polar surface area (TPSA) is 41.6 Å². The average molecular weight is 420 g/mol. The van der Waals surface area contributed by atoms with Gasteiger partial charge in [0.1, 0.15) is 5.75 Å². The first-order valence-electron chi connectivity index (χ1n) is 10.3. The summed E-state index contributed by atoms with van der Waals surface area (Å²) in [4.78, 5) is 14.4. The molecule has 3 rings (SSSR count). The van der Waals surface area contributed by atoms with E-state index in [0.29, 0.717) is 11.4 Å². The molecular formula is C23H27F3N2O2. The second kappa shape index (κ2) is 9.87. The van der Waals surface area contributed by atoms with E-state index in [1.807, 2.05) is 29.2 Å². The molecule has 1 heterocycles. The average Bonchev–Trinajstić information content (AvgIpc) is 2.74. The standard InChI is InChI=1S/C23H27F3N2O2/c1-2-17-6-9-19(10-7-17)30-15-12-22(29)27-20-16-18(23(24,25)26)8-11-21(20)28-13-4-3-5-14-28/h6-11,16H,2-5,12-15H2,1H3,(H,27,29). The van der Waals surface area contributed by atoms with Gasteiger partial charge in [-0.1, -0.05) is 19.1 Å². The molecule has 1 aliphatic rings. The lowest BCUT2D eigenvalue weighted by atomic mass is 10.1. The number of rotatable bonds is 7. The van der Waals surface area contributed by atoms with Gasteiger partial charge in [0.15, 0.2) is 0 Å². The summed E-state index contributed by atoms with van der Waals surface area (Å²) in [5, 5.41) is 2.66. The lowest BCUT2D eigenvalue weighted by Crippen LogP contribution is -2.30. The van der Waals surface area contributed by atoms with E-state index < -0.39 is 11.7 Å². The van der Waals surface area contributed by atoms with E-state index in [0.717, 1.165) is 50.9 Å². The highest BCUT2D eigenvalue weighted by atomic mass is 19.4. The van der Waals surface area contributed by atoms with Crippen molar-refractivity contribution >= 4 is 17.3 Å². The normalized spacial score (nSPS) is 14.5. The minimum Gasteiger partial charge on any atom is -0.493 e. The molecule has 4 nitrogen and oxygen atoms in total. The highest BCUT2D eigenvalue weighted by molar-refractivity contribution is 5.94. The van der Waals surface area contributed by atoms with Gasteiger partial charge in [0.25, 0.3) is 0 Å². The van der Waals surface area contributed by atoms with Crippen LogP contribution in [0.2, 0.25) is 0 Å². The summed E-state index contributed by atoms with van der Waals surface area (Å²) in [6.45, 7) is 3.75. The van der Waals surface area contributed by atoms with Crippen LogP contribution in [-0.2, 0) is 17.4 Å². The van der Waals surface area contributed by atoms with E-state index in [-0.39, 0.29) is 24.6 Å². The van der Waals surface area contributed by atoms with Gasteiger partial charge in [-0.05, 0) is 61.6 Å². The van der Waals surface area contributed by atoms with E-state index in [9.17, 15) is 18.0 Å². The van der Waals surface area contributed by atoms with Crippen LogP contribution in [0.5, 0.6) is 5.75 Å². The molecule has 1 aliphatic heterocycles. The monoisotopic (exact) mass is 420 g/mol. The molecule has 30 heavy (non-hydrogen) atoms. The molecular weight excluding hydrogens is 393 g/mol. The van der Waals surface area contributed by atoms with Crippen molar-refractivity contribution in [2.45, 2.75) is 45.2 Å². The molecule has 0 spiro atoms. The third-order valence-corrected chi connectivity index (χ3v) is 5.22. The third kappa shape index (κ3) is 5.90. The van der Waals surface area contributed by atoms with E-state index in [2.05, 4.69) is 12.2 Å². The van der Waals surface area contributed by atoms with Crippen molar-refractivity contribution in [1.29, 1.82) is 0 Å². The molecule has 1 fully saturated rings. The quantitative estimate of drug-likeness (QED) is 0.628. The van der Waals surface area contributed by atoms with Gasteiger partial charge in [0.2, 0.25) is 5.91 Å². The predicted octanol–water partition coefficient (Wildman–Crippen LogP) is 5.67. The Morgan fingerprint density at radius 3 is 2.40 bits per heavy atom. The number of piperidine rings is 1. The summed E-state index contributed by atoms with van der Waals surface area (Å²) in [6.07, 6.45) is -0.411. The minimum absolute atomic E-state index is 0.0468. The molecule has 2 aromatic carbocycles. The molecule has 0 atom stereocenters. The number of alkyl halides is 3. The molecule has 0 aromatic heterocycles. The summed E-state index contributed by atoms with van der Waals surface area (Å²) in [5.41, 5.74) is 1.25. The van der Waals surface area contributed by atoms with Crippen LogP contribution in [0, 0.1) is 0 Å². The van der Waals surface area contributed by atoms with Gasteiger partial charge in [0.05, 0.1) is 30.0 Å². The largest absolute Gasteiger partial charge is 0.493 e. The van der Waals surface area contributed by atoms with Gasteiger partial charge in [-0.2, -0.15) is 13.2 Å². The van der Waals surface area contributed by atoms with Crippen LogP contribution in [0.3, 0.4) is 0 Å². The molecule has 0 bridgehead atoms. The minimum atomic E-state index is -4.46. The molecule has 0 unspecified atom stereocenters. The number of benzene rings is 2. The summed E-state index contributed by atoms with van der Waals surface area (Å²) in [6, 6.07) is 11.2. The number of amides is 1. The number of carbonyl (C=O) groups excluding carboxylic acids is 1. The van der Waals surface area contributed by atoms with E-state index in [1.165, 1.54) is 11.6 Å². The molecule has 0 aliphatic carbocycles. The van der Waals surface area contributed by atoms with Gasteiger partial charge in [-0.3, -0.25) is 4.79 Å². The summed E-state index contributed by atoms with van der Waals surface area (Å²) in [7, 11) is 0. The fraction of sp³-hybridized carbons (Fsp3) is 0.435. The molecule has 2 aromatic rings. The fourth-order valence-electron chi connectivity index (χ4n) is 3.52. The van der Waals surface area contributed by atoms with Gasteiger partial charge < -0.3 is 15.0 Å². The molecule has 1 amide bonds. The van der Waals surface area contributed by atoms with Crippen molar-refractivity contribution in [2.24, 2.45) is 0 Å². The molecule has 7 heteroatoms. The Labute approximate surface area is 175 Å². The highest BCUT2D eigenvalue weighted by Gasteiger charge is 2.31. The Bertz CT molecular complexity index is 845. The van der Waals surface area contributed by atoms with E-state index in [4.69, 9.17) is 4.74 Å². The lowest BCUT2D eigenvalue weighted by molar-refractivity contribution is -0.137. The van der Waals surface area contributed by atoms with E-state index >= 15 is 0 Å². The number of nitrogens with one attached hydrogen (secondary N) is 1. The Kier molecular flexibility index (Phi) is 7.24. The fourth-order valence-corrected chi connectivity index (χ4v) is 3.52. The van der Waals surface area contributed by atoms with Crippen molar-refractivity contribution in [3.63, 3.8) is 0 Å². The Morgan fingerprint density at radius 2 is 1.77 bits per heavy atom. The number of anilines is 2. The maximum atomic E-state index is 13.2. The highest BCUT2D eigenvalue weighted by Crippen LogP contribution is 2.36.